The Bertz CT molecular complexity index is 1700. The Balaban J connectivity index is 2.94. The van der Waals surface area contributed by atoms with Gasteiger partial charge in [0.2, 0.25) is 0 Å². The molecule has 0 saturated carbocycles. The third-order valence-electron chi connectivity index (χ3n) is 8.60. The largest absolute Gasteiger partial charge is 0.413 e. The highest BCUT2D eigenvalue weighted by Gasteiger charge is 2.58. The van der Waals surface area contributed by atoms with E-state index in [0.717, 1.165) is 0 Å². The molecular formula is C32H12BF24-. The zero-order chi connectivity index (χ0) is 43.9. The number of halogens is 24. The summed E-state index contributed by atoms with van der Waals surface area (Å²) < 4.78 is 360. The first-order chi connectivity index (χ1) is 25.4. The van der Waals surface area contributed by atoms with E-state index in [4.69, 9.17) is 0 Å². The van der Waals surface area contributed by atoms with Crippen molar-refractivity contribution < 1.29 is 105 Å². The van der Waals surface area contributed by atoms with Gasteiger partial charge >= 0.3 is 49.4 Å². The van der Waals surface area contributed by atoms with Gasteiger partial charge in [0, 0.05) is 44.5 Å². The molecule has 4 aromatic rings. The lowest BCUT2D eigenvalue weighted by Crippen LogP contribution is -2.81. The van der Waals surface area contributed by atoms with E-state index >= 15 is 105 Å². The highest BCUT2D eigenvalue weighted by atomic mass is 19.4. The van der Waals surface area contributed by atoms with Gasteiger partial charge in [0.15, 0.2) is 0 Å². The van der Waals surface area contributed by atoms with Crippen LogP contribution in [0.4, 0.5) is 105 Å². The Morgan fingerprint density at radius 2 is 0.316 bits per heavy atom. The van der Waals surface area contributed by atoms with Gasteiger partial charge in [0.1, 0.15) is 6.15 Å². The summed E-state index contributed by atoms with van der Waals surface area (Å²) in [4.78, 5) is 0. The van der Waals surface area contributed by atoms with Crippen LogP contribution in [0.15, 0.2) is 72.8 Å². The van der Waals surface area contributed by atoms with Crippen LogP contribution in [0.2, 0.25) is 0 Å². The highest BCUT2D eigenvalue weighted by Crippen LogP contribution is 2.46. The minimum Gasteiger partial charge on any atom is -0.171 e. The van der Waals surface area contributed by atoms with Gasteiger partial charge < -0.3 is 0 Å². The molecule has 0 amide bonds. The van der Waals surface area contributed by atoms with E-state index in [-0.39, 0.29) is 0 Å². The predicted octanol–water partition coefficient (Wildman–Crippen LogP) is 11.2. The first-order valence-electron chi connectivity index (χ1n) is 14.7. The monoisotopic (exact) mass is 863 g/mol. The first kappa shape index (κ1) is 45.0. The molecule has 0 unspecified atom stereocenters. The van der Waals surface area contributed by atoms with E-state index < -0.39 is 195 Å². The lowest BCUT2D eigenvalue weighted by molar-refractivity contribution is -0.142. The molecule has 0 nitrogen and oxygen atoms in total. The number of hydrogen-bond acceptors (Lipinski definition) is 0. The quantitative estimate of drug-likeness (QED) is 0.142. The second-order valence-corrected chi connectivity index (χ2v) is 11.9. The molecule has 0 aliphatic rings. The van der Waals surface area contributed by atoms with Gasteiger partial charge in [-0.2, -0.15) is 127 Å². The Hall–Kier alpha value is -4.74. The van der Waals surface area contributed by atoms with Crippen molar-refractivity contribution in [2.75, 3.05) is 0 Å². The van der Waals surface area contributed by atoms with Crippen molar-refractivity contribution >= 4 is 28.0 Å². The third kappa shape index (κ3) is 8.19. The van der Waals surface area contributed by atoms with Crippen LogP contribution >= 0.6 is 0 Å². The van der Waals surface area contributed by atoms with Crippen LogP contribution in [0.3, 0.4) is 0 Å². The summed E-state index contributed by atoms with van der Waals surface area (Å²) in [7, 11) is 0. The smallest absolute Gasteiger partial charge is 0.171 e. The van der Waals surface area contributed by atoms with Crippen molar-refractivity contribution in [3.05, 3.63) is 117 Å². The average Bonchev–Trinajstić information content (AvgIpc) is 3.01. The second-order valence-electron chi connectivity index (χ2n) is 11.9. The van der Waals surface area contributed by atoms with E-state index in [0.29, 0.717) is 0 Å². The van der Waals surface area contributed by atoms with E-state index in [1.807, 2.05) is 0 Å². The maximum absolute atomic E-state index is 15.0. The molecule has 0 atom stereocenters. The molecule has 0 N–H and O–H groups in total. The lowest BCUT2D eigenvalue weighted by atomic mass is 9.10. The fourth-order valence-corrected chi connectivity index (χ4v) is 6.97. The van der Waals surface area contributed by atoms with Crippen LogP contribution < -0.4 is 21.9 Å². The van der Waals surface area contributed by atoms with E-state index in [9.17, 15) is 0 Å². The molecule has 57 heavy (non-hydrogen) atoms. The Kier molecular flexibility index (Phi) is 10.8. The van der Waals surface area contributed by atoms with Crippen molar-refractivity contribution in [3.8, 4) is 0 Å². The minimum atomic E-state index is -7.76. The molecule has 0 heterocycles. The Labute approximate surface area is 300 Å². The number of hydrogen-bond donors (Lipinski definition) is 0. The molecule has 25 heteroatoms. The van der Waals surface area contributed by atoms with Crippen LogP contribution in [0.1, 0.15) is 44.5 Å². The van der Waals surface area contributed by atoms with E-state index in [2.05, 4.69) is 0 Å². The fraction of sp³-hybridized carbons (Fsp3) is 0.250. The molecule has 0 radical (unpaired) electrons. The van der Waals surface area contributed by atoms with Gasteiger partial charge in [-0.1, -0.05) is 72.8 Å². The molecule has 312 valence electrons. The van der Waals surface area contributed by atoms with Crippen molar-refractivity contribution in [1.82, 2.24) is 0 Å². The third-order valence-corrected chi connectivity index (χ3v) is 8.60. The summed E-state index contributed by atoms with van der Waals surface area (Å²) in [6.07, 6.45) is -62.5. The lowest BCUT2D eigenvalue weighted by Gasteiger charge is -2.52. The number of alkyl halides is 24. The van der Waals surface area contributed by atoms with Gasteiger partial charge in [0.25, 0.3) is 0 Å². The molecule has 0 aliphatic carbocycles. The van der Waals surface area contributed by atoms with Gasteiger partial charge in [-0.3, -0.25) is 0 Å². The average molecular weight is 863 g/mol. The summed E-state index contributed by atoms with van der Waals surface area (Å²) >= 11 is 0. The van der Waals surface area contributed by atoms with Crippen LogP contribution in [-0.2, 0) is 49.4 Å². The predicted molar refractivity (Wildman–Crippen MR) is 150 cm³/mol. The molecule has 0 aliphatic heterocycles. The maximum Gasteiger partial charge on any atom is 0.413 e. The van der Waals surface area contributed by atoms with Crippen LogP contribution in [0.5, 0.6) is 0 Å². The summed E-state index contributed by atoms with van der Waals surface area (Å²) in [6.45, 7) is 0. The van der Waals surface area contributed by atoms with Crippen molar-refractivity contribution in [1.29, 1.82) is 0 Å². The minimum absolute atomic E-state index is 0.406. The highest BCUT2D eigenvalue weighted by molar-refractivity contribution is 7.21. The van der Waals surface area contributed by atoms with Gasteiger partial charge in [-0.15, -0.1) is 0 Å². The first-order valence-corrected chi connectivity index (χ1v) is 14.7. The van der Waals surface area contributed by atoms with Crippen LogP contribution in [0.25, 0.3) is 0 Å². The molecule has 0 spiro atoms. The summed E-state index contributed by atoms with van der Waals surface area (Å²) in [6, 6.07) is -8.09. The Morgan fingerprint density at radius 3 is 0.404 bits per heavy atom. The SMILES string of the molecule is FC(F)(F)c1cccc(C(F)(F)F)c1[B-](c1c(C(F)(F)F)cccc1C(F)(F)F)(c1c(C(F)(F)F)cccc1C(F)(F)F)c1c(C(F)(F)F)cccc1C(F)(F)F. The molecule has 4 rings (SSSR count). The molecule has 4 aromatic carbocycles. The Morgan fingerprint density at radius 1 is 0.211 bits per heavy atom. The molecule has 0 aromatic heterocycles. The zero-order valence-electron chi connectivity index (χ0n) is 26.6. The van der Waals surface area contributed by atoms with Gasteiger partial charge in [-0.05, 0) is 0 Å². The topological polar surface area (TPSA) is 0 Å². The van der Waals surface area contributed by atoms with E-state index in [1.165, 1.54) is 0 Å². The van der Waals surface area contributed by atoms with Crippen LogP contribution in [-0.4, -0.2) is 6.15 Å². The number of rotatable bonds is 4. The van der Waals surface area contributed by atoms with Crippen molar-refractivity contribution in [3.63, 3.8) is 0 Å². The van der Waals surface area contributed by atoms with Crippen molar-refractivity contribution in [2.45, 2.75) is 49.4 Å². The van der Waals surface area contributed by atoms with Gasteiger partial charge in [-0.25, -0.2) is 0 Å². The summed E-state index contributed by atoms with van der Waals surface area (Å²) in [5.41, 5.74) is -42.7. The summed E-state index contributed by atoms with van der Waals surface area (Å²) in [5.74, 6) is 0. The number of benzene rings is 4. The second kappa shape index (κ2) is 13.7. The fourth-order valence-electron chi connectivity index (χ4n) is 6.97. The van der Waals surface area contributed by atoms with Gasteiger partial charge in [0.05, 0.1) is 0 Å². The molecule has 0 fully saturated rings. The molecular weight excluding hydrogens is 851 g/mol. The molecule has 0 saturated heterocycles. The normalized spacial score (nSPS) is 14.3. The standard InChI is InChI=1S/C32H12BF24/c34-25(35,36)13-5-1-6-14(26(37,38)39)21(13)33(22-15(27(40,41)42)7-2-8-16(22)28(43,44)45,23-17(29(46,47)48)9-3-10-18(23)30(49,50)51)24-19(31(52,53)54)11-4-12-20(24)32(55,56)57/h1-12H/q-1. The maximum atomic E-state index is 15.0. The van der Waals surface area contributed by atoms with Crippen LogP contribution in [0, 0.1) is 0 Å². The van der Waals surface area contributed by atoms with E-state index in [1.54, 1.807) is 0 Å². The molecule has 0 bridgehead atoms. The summed E-state index contributed by atoms with van der Waals surface area (Å²) in [5, 5.41) is 0. The zero-order valence-corrected chi connectivity index (χ0v) is 26.6. The van der Waals surface area contributed by atoms with Crippen molar-refractivity contribution in [2.24, 2.45) is 0 Å².